The normalized spacial score (nSPS) is 22.3. The summed E-state index contributed by atoms with van der Waals surface area (Å²) < 4.78 is 2.29. The SMILES string of the molecule is CCCc1ccccc1-n1cncc1C1(C)CCNC1. The Bertz CT molecular complexity index is 579. The molecule has 1 N–H and O–H groups in total. The number of benzene rings is 1. The molecule has 0 aliphatic carbocycles. The van der Waals surface area contributed by atoms with Crippen molar-refractivity contribution in [1.82, 2.24) is 14.9 Å². The van der Waals surface area contributed by atoms with E-state index in [1.54, 1.807) is 0 Å². The van der Waals surface area contributed by atoms with Crippen molar-refractivity contribution in [3.63, 3.8) is 0 Å². The van der Waals surface area contributed by atoms with Crippen LogP contribution in [0.4, 0.5) is 0 Å². The Kier molecular flexibility index (Phi) is 3.62. The molecular weight excluding hydrogens is 246 g/mol. The van der Waals surface area contributed by atoms with Crippen molar-refractivity contribution in [2.75, 3.05) is 13.1 Å². The van der Waals surface area contributed by atoms with Crippen LogP contribution >= 0.6 is 0 Å². The average Bonchev–Trinajstić information content (AvgIpc) is 3.09. The molecular formula is C17H23N3. The van der Waals surface area contributed by atoms with E-state index >= 15 is 0 Å². The van der Waals surface area contributed by atoms with Crippen LogP contribution in [0.5, 0.6) is 0 Å². The molecule has 3 heteroatoms. The lowest BCUT2D eigenvalue weighted by Crippen LogP contribution is -2.27. The number of aromatic nitrogens is 2. The smallest absolute Gasteiger partial charge is 0.0994 e. The van der Waals surface area contributed by atoms with E-state index in [2.05, 4.69) is 53.0 Å². The van der Waals surface area contributed by atoms with Gasteiger partial charge in [0.05, 0.1) is 6.33 Å². The predicted molar refractivity (Wildman–Crippen MR) is 82.4 cm³/mol. The number of nitrogens with zero attached hydrogens (tertiary/aromatic N) is 2. The first-order valence-corrected chi connectivity index (χ1v) is 7.56. The summed E-state index contributed by atoms with van der Waals surface area (Å²) in [5, 5.41) is 3.48. The molecule has 106 valence electrons. The van der Waals surface area contributed by atoms with Crippen LogP contribution in [0.25, 0.3) is 5.69 Å². The second-order valence-corrected chi connectivity index (χ2v) is 6.02. The van der Waals surface area contributed by atoms with Crippen molar-refractivity contribution in [3.8, 4) is 5.69 Å². The third-order valence-corrected chi connectivity index (χ3v) is 4.40. The average molecular weight is 269 g/mol. The Morgan fingerprint density at radius 2 is 2.20 bits per heavy atom. The third-order valence-electron chi connectivity index (χ3n) is 4.40. The highest BCUT2D eigenvalue weighted by Gasteiger charge is 2.33. The maximum atomic E-state index is 4.42. The number of para-hydroxylation sites is 1. The number of rotatable bonds is 4. The molecule has 3 nitrogen and oxygen atoms in total. The summed E-state index contributed by atoms with van der Waals surface area (Å²) in [6.07, 6.45) is 7.46. The third kappa shape index (κ3) is 2.27. The maximum absolute atomic E-state index is 4.42. The van der Waals surface area contributed by atoms with E-state index in [1.165, 1.54) is 29.8 Å². The predicted octanol–water partition coefficient (Wildman–Crippen LogP) is 3.08. The minimum Gasteiger partial charge on any atom is -0.316 e. The van der Waals surface area contributed by atoms with E-state index in [0.29, 0.717) is 0 Å². The highest BCUT2D eigenvalue weighted by Crippen LogP contribution is 2.32. The quantitative estimate of drug-likeness (QED) is 0.924. The second-order valence-electron chi connectivity index (χ2n) is 6.02. The van der Waals surface area contributed by atoms with Gasteiger partial charge in [0.15, 0.2) is 0 Å². The second kappa shape index (κ2) is 5.41. The van der Waals surface area contributed by atoms with Gasteiger partial charge in [-0.15, -0.1) is 0 Å². The first-order valence-electron chi connectivity index (χ1n) is 7.56. The topological polar surface area (TPSA) is 29.9 Å². The molecule has 0 radical (unpaired) electrons. The first-order chi connectivity index (χ1) is 9.74. The largest absolute Gasteiger partial charge is 0.316 e. The van der Waals surface area contributed by atoms with Gasteiger partial charge in [0.1, 0.15) is 0 Å². The van der Waals surface area contributed by atoms with Gasteiger partial charge in [-0.05, 0) is 31.0 Å². The highest BCUT2D eigenvalue weighted by molar-refractivity contribution is 5.43. The van der Waals surface area contributed by atoms with Gasteiger partial charge in [0.2, 0.25) is 0 Å². The molecule has 20 heavy (non-hydrogen) atoms. The van der Waals surface area contributed by atoms with Gasteiger partial charge in [-0.1, -0.05) is 38.5 Å². The lowest BCUT2D eigenvalue weighted by molar-refractivity contribution is 0.498. The molecule has 0 spiro atoms. The Morgan fingerprint density at radius 3 is 2.95 bits per heavy atom. The lowest BCUT2D eigenvalue weighted by atomic mass is 9.86. The van der Waals surface area contributed by atoms with Crippen molar-refractivity contribution in [1.29, 1.82) is 0 Å². The van der Waals surface area contributed by atoms with E-state index in [1.807, 2.05) is 12.5 Å². The molecule has 1 aliphatic heterocycles. The molecule has 1 saturated heterocycles. The molecule has 1 unspecified atom stereocenters. The lowest BCUT2D eigenvalue weighted by Gasteiger charge is -2.25. The van der Waals surface area contributed by atoms with E-state index < -0.39 is 0 Å². The zero-order valence-corrected chi connectivity index (χ0v) is 12.4. The zero-order chi connectivity index (χ0) is 14.0. The molecule has 1 fully saturated rings. The summed E-state index contributed by atoms with van der Waals surface area (Å²) >= 11 is 0. The summed E-state index contributed by atoms with van der Waals surface area (Å²) in [5.41, 5.74) is 4.21. The van der Waals surface area contributed by atoms with Crippen molar-refractivity contribution in [3.05, 3.63) is 48.0 Å². The number of nitrogens with one attached hydrogen (secondary N) is 1. The van der Waals surface area contributed by atoms with Crippen LogP contribution in [0.2, 0.25) is 0 Å². The minimum atomic E-state index is 0.190. The number of hydrogen-bond donors (Lipinski definition) is 1. The molecule has 0 saturated carbocycles. The highest BCUT2D eigenvalue weighted by atomic mass is 15.1. The molecule has 2 aromatic rings. The summed E-state index contributed by atoms with van der Waals surface area (Å²) in [5.74, 6) is 0. The van der Waals surface area contributed by atoms with Crippen LogP contribution in [-0.4, -0.2) is 22.6 Å². The van der Waals surface area contributed by atoms with Gasteiger partial charge < -0.3 is 9.88 Å². The van der Waals surface area contributed by atoms with Gasteiger partial charge in [0, 0.05) is 29.5 Å². The Hall–Kier alpha value is -1.61. The van der Waals surface area contributed by atoms with Crippen LogP contribution in [0.15, 0.2) is 36.8 Å². The molecule has 0 bridgehead atoms. The fourth-order valence-corrected chi connectivity index (χ4v) is 3.20. The Labute approximate surface area is 121 Å². The van der Waals surface area contributed by atoms with E-state index in [0.717, 1.165) is 19.5 Å². The van der Waals surface area contributed by atoms with Crippen molar-refractivity contribution < 1.29 is 0 Å². The van der Waals surface area contributed by atoms with Crippen LogP contribution in [0.3, 0.4) is 0 Å². The Morgan fingerprint density at radius 1 is 1.35 bits per heavy atom. The molecule has 2 heterocycles. The number of imidazole rings is 1. The van der Waals surface area contributed by atoms with Crippen molar-refractivity contribution >= 4 is 0 Å². The molecule has 1 atom stereocenters. The maximum Gasteiger partial charge on any atom is 0.0994 e. The molecule has 3 rings (SSSR count). The number of aryl methyl sites for hydroxylation is 1. The van der Waals surface area contributed by atoms with Crippen LogP contribution < -0.4 is 5.32 Å². The Balaban J connectivity index is 2.06. The van der Waals surface area contributed by atoms with Gasteiger partial charge in [-0.3, -0.25) is 0 Å². The zero-order valence-electron chi connectivity index (χ0n) is 12.4. The first kappa shape index (κ1) is 13.4. The van der Waals surface area contributed by atoms with Gasteiger partial charge in [-0.2, -0.15) is 0 Å². The fraction of sp³-hybridized carbons (Fsp3) is 0.471. The van der Waals surface area contributed by atoms with Crippen LogP contribution in [0.1, 0.15) is 37.9 Å². The molecule has 0 amide bonds. The van der Waals surface area contributed by atoms with Gasteiger partial charge in [0.25, 0.3) is 0 Å². The van der Waals surface area contributed by atoms with E-state index in [-0.39, 0.29) is 5.41 Å². The van der Waals surface area contributed by atoms with Gasteiger partial charge >= 0.3 is 0 Å². The molecule has 1 aromatic carbocycles. The van der Waals surface area contributed by atoms with E-state index in [4.69, 9.17) is 0 Å². The standard InChI is InChI=1S/C17H23N3/c1-3-6-14-7-4-5-8-15(14)20-13-19-11-16(20)17(2)9-10-18-12-17/h4-5,7-8,11,13,18H,3,6,9-10,12H2,1-2H3. The minimum absolute atomic E-state index is 0.190. The summed E-state index contributed by atoms with van der Waals surface area (Å²) in [6.45, 7) is 6.70. The van der Waals surface area contributed by atoms with Crippen LogP contribution in [0, 0.1) is 0 Å². The van der Waals surface area contributed by atoms with Gasteiger partial charge in [-0.25, -0.2) is 4.98 Å². The van der Waals surface area contributed by atoms with E-state index in [9.17, 15) is 0 Å². The molecule has 1 aliphatic rings. The monoisotopic (exact) mass is 269 g/mol. The summed E-state index contributed by atoms with van der Waals surface area (Å²) in [6, 6.07) is 8.69. The number of hydrogen-bond acceptors (Lipinski definition) is 2. The summed E-state index contributed by atoms with van der Waals surface area (Å²) in [7, 11) is 0. The van der Waals surface area contributed by atoms with Crippen molar-refractivity contribution in [2.24, 2.45) is 0 Å². The molecule has 1 aromatic heterocycles. The van der Waals surface area contributed by atoms with Crippen molar-refractivity contribution in [2.45, 2.75) is 38.5 Å². The summed E-state index contributed by atoms with van der Waals surface area (Å²) in [4.78, 5) is 4.42. The van der Waals surface area contributed by atoms with Crippen LogP contribution in [-0.2, 0) is 11.8 Å². The fourth-order valence-electron chi connectivity index (χ4n) is 3.20.